The molecule has 2 rings (SSSR count). The fraction of sp³-hybridized carbons (Fsp3) is 0.529. The maximum Gasteiger partial charge on any atom is 0.311 e. The lowest BCUT2D eigenvalue weighted by molar-refractivity contribution is -0.147. The van der Waals surface area contributed by atoms with Crippen molar-refractivity contribution < 1.29 is 9.59 Å². The summed E-state index contributed by atoms with van der Waals surface area (Å²) in [4.78, 5) is 27.7. The molecule has 0 atom stereocenters. The molecule has 1 saturated heterocycles. The minimum atomic E-state index is -0.498. The maximum absolute atomic E-state index is 12.0. The van der Waals surface area contributed by atoms with Crippen molar-refractivity contribution in [3.8, 4) is 0 Å². The van der Waals surface area contributed by atoms with Crippen LogP contribution in [-0.2, 0) is 16.1 Å². The number of rotatable bonds is 3. The molecule has 0 spiro atoms. The first kappa shape index (κ1) is 16.5. The highest BCUT2D eigenvalue weighted by Gasteiger charge is 2.26. The number of piperazine rings is 1. The van der Waals surface area contributed by atoms with Gasteiger partial charge in [0.2, 0.25) is 0 Å². The Hall–Kier alpha value is -1.88. The van der Waals surface area contributed by atoms with Crippen LogP contribution < -0.4 is 5.32 Å². The third-order valence-electron chi connectivity index (χ3n) is 3.76. The van der Waals surface area contributed by atoms with E-state index in [1.54, 1.807) is 4.90 Å². The molecular weight excluding hydrogens is 278 g/mol. The predicted octanol–water partition coefficient (Wildman–Crippen LogP) is 1.16. The van der Waals surface area contributed by atoms with Gasteiger partial charge in [-0.1, -0.05) is 29.8 Å². The Morgan fingerprint density at radius 1 is 1.18 bits per heavy atom. The Kier molecular flexibility index (Phi) is 5.55. The van der Waals surface area contributed by atoms with Gasteiger partial charge >= 0.3 is 11.8 Å². The Labute approximate surface area is 132 Å². The minimum Gasteiger partial charge on any atom is -0.346 e. The van der Waals surface area contributed by atoms with Crippen LogP contribution in [0.5, 0.6) is 0 Å². The van der Waals surface area contributed by atoms with E-state index in [4.69, 9.17) is 0 Å². The van der Waals surface area contributed by atoms with Crippen LogP contribution in [-0.4, -0.2) is 53.8 Å². The SMILES string of the molecule is Cc1cccc(CN2CCN(C(=O)C(=O)NC(C)C)CC2)c1. The van der Waals surface area contributed by atoms with Crippen LogP contribution >= 0.6 is 0 Å². The first-order valence-corrected chi connectivity index (χ1v) is 7.83. The van der Waals surface area contributed by atoms with Gasteiger partial charge in [0.15, 0.2) is 0 Å². The molecule has 0 aliphatic carbocycles. The van der Waals surface area contributed by atoms with Gasteiger partial charge in [-0.3, -0.25) is 14.5 Å². The van der Waals surface area contributed by atoms with Gasteiger partial charge in [-0.2, -0.15) is 0 Å². The molecule has 0 unspecified atom stereocenters. The molecule has 22 heavy (non-hydrogen) atoms. The Balaban J connectivity index is 1.82. The second-order valence-electron chi connectivity index (χ2n) is 6.19. The number of aryl methyl sites for hydroxylation is 1. The van der Waals surface area contributed by atoms with Crippen LogP contribution in [0.15, 0.2) is 24.3 Å². The molecule has 0 saturated carbocycles. The molecule has 2 amide bonds. The summed E-state index contributed by atoms with van der Waals surface area (Å²) in [6.07, 6.45) is 0. The Bertz CT molecular complexity index is 534. The van der Waals surface area contributed by atoms with Gasteiger partial charge in [-0.05, 0) is 26.3 Å². The van der Waals surface area contributed by atoms with Crippen LogP contribution in [0, 0.1) is 6.92 Å². The predicted molar refractivity (Wildman–Crippen MR) is 86.3 cm³/mol. The second kappa shape index (κ2) is 7.40. The van der Waals surface area contributed by atoms with Crippen LogP contribution in [0.25, 0.3) is 0 Å². The number of hydrogen-bond donors (Lipinski definition) is 1. The summed E-state index contributed by atoms with van der Waals surface area (Å²) in [5.74, 6) is -0.911. The molecule has 1 heterocycles. The first-order valence-electron chi connectivity index (χ1n) is 7.83. The number of hydrogen-bond acceptors (Lipinski definition) is 3. The number of carbonyl (C=O) groups is 2. The monoisotopic (exact) mass is 303 g/mol. The quantitative estimate of drug-likeness (QED) is 0.853. The molecule has 1 N–H and O–H groups in total. The summed E-state index contributed by atoms with van der Waals surface area (Å²) >= 11 is 0. The van der Waals surface area contributed by atoms with E-state index < -0.39 is 11.8 Å². The zero-order chi connectivity index (χ0) is 16.1. The van der Waals surface area contributed by atoms with Crippen LogP contribution in [0.2, 0.25) is 0 Å². The highest BCUT2D eigenvalue weighted by Crippen LogP contribution is 2.10. The lowest BCUT2D eigenvalue weighted by Crippen LogP contribution is -2.53. The van der Waals surface area contributed by atoms with E-state index in [0.717, 1.165) is 19.6 Å². The van der Waals surface area contributed by atoms with Crippen LogP contribution in [0.4, 0.5) is 0 Å². The van der Waals surface area contributed by atoms with Gasteiger partial charge in [0.25, 0.3) is 0 Å². The minimum absolute atomic E-state index is 0.0148. The van der Waals surface area contributed by atoms with Gasteiger partial charge < -0.3 is 10.2 Å². The van der Waals surface area contributed by atoms with Gasteiger partial charge in [-0.15, -0.1) is 0 Å². The zero-order valence-corrected chi connectivity index (χ0v) is 13.6. The largest absolute Gasteiger partial charge is 0.346 e. The number of amides is 2. The molecule has 120 valence electrons. The fourth-order valence-electron chi connectivity index (χ4n) is 2.65. The molecule has 1 aliphatic rings. The maximum atomic E-state index is 12.0. The topological polar surface area (TPSA) is 52.7 Å². The van der Waals surface area contributed by atoms with E-state index in [-0.39, 0.29) is 6.04 Å². The Morgan fingerprint density at radius 3 is 2.45 bits per heavy atom. The van der Waals surface area contributed by atoms with Gasteiger partial charge in [-0.25, -0.2) is 0 Å². The van der Waals surface area contributed by atoms with E-state index in [9.17, 15) is 9.59 Å². The van der Waals surface area contributed by atoms with Crippen molar-refractivity contribution >= 4 is 11.8 Å². The fourth-order valence-corrected chi connectivity index (χ4v) is 2.65. The molecule has 5 heteroatoms. The molecule has 0 bridgehead atoms. The first-order chi connectivity index (χ1) is 10.5. The smallest absolute Gasteiger partial charge is 0.311 e. The van der Waals surface area contributed by atoms with Crippen molar-refractivity contribution in [2.75, 3.05) is 26.2 Å². The second-order valence-corrected chi connectivity index (χ2v) is 6.19. The van der Waals surface area contributed by atoms with Gasteiger partial charge in [0.1, 0.15) is 0 Å². The van der Waals surface area contributed by atoms with E-state index in [0.29, 0.717) is 13.1 Å². The van der Waals surface area contributed by atoms with Crippen molar-refractivity contribution in [2.24, 2.45) is 0 Å². The van der Waals surface area contributed by atoms with Crippen molar-refractivity contribution in [1.29, 1.82) is 0 Å². The normalized spacial score (nSPS) is 15.9. The zero-order valence-electron chi connectivity index (χ0n) is 13.6. The Morgan fingerprint density at radius 2 is 1.86 bits per heavy atom. The summed E-state index contributed by atoms with van der Waals surface area (Å²) in [6, 6.07) is 8.46. The molecule has 1 aromatic carbocycles. The standard InChI is InChI=1S/C17H25N3O2/c1-13(2)18-16(21)17(22)20-9-7-19(8-10-20)12-15-6-4-5-14(3)11-15/h4-6,11,13H,7-10,12H2,1-3H3,(H,18,21). The highest BCUT2D eigenvalue weighted by atomic mass is 16.2. The van der Waals surface area contributed by atoms with Crippen LogP contribution in [0.3, 0.4) is 0 Å². The molecule has 5 nitrogen and oxygen atoms in total. The third kappa shape index (κ3) is 4.56. The summed E-state index contributed by atoms with van der Waals surface area (Å²) in [5, 5.41) is 2.65. The van der Waals surface area contributed by atoms with Crippen molar-refractivity contribution in [3.05, 3.63) is 35.4 Å². The van der Waals surface area contributed by atoms with E-state index in [1.165, 1.54) is 11.1 Å². The lowest BCUT2D eigenvalue weighted by Gasteiger charge is -2.34. The third-order valence-corrected chi connectivity index (χ3v) is 3.76. The van der Waals surface area contributed by atoms with Gasteiger partial charge in [0.05, 0.1) is 0 Å². The lowest BCUT2D eigenvalue weighted by atomic mass is 10.1. The summed E-state index contributed by atoms with van der Waals surface area (Å²) in [6.45, 7) is 9.50. The summed E-state index contributed by atoms with van der Waals surface area (Å²) in [5.41, 5.74) is 2.55. The highest BCUT2D eigenvalue weighted by molar-refractivity contribution is 6.35. The number of nitrogens with one attached hydrogen (secondary N) is 1. The summed E-state index contributed by atoms with van der Waals surface area (Å²) < 4.78 is 0. The molecule has 1 fully saturated rings. The van der Waals surface area contributed by atoms with Crippen molar-refractivity contribution in [2.45, 2.75) is 33.4 Å². The molecule has 0 radical (unpaired) electrons. The molecule has 0 aromatic heterocycles. The van der Waals surface area contributed by atoms with E-state index >= 15 is 0 Å². The average Bonchev–Trinajstić information content (AvgIpc) is 2.46. The van der Waals surface area contributed by atoms with Crippen molar-refractivity contribution in [1.82, 2.24) is 15.1 Å². The van der Waals surface area contributed by atoms with Gasteiger partial charge in [0, 0.05) is 38.8 Å². The number of carbonyl (C=O) groups excluding carboxylic acids is 2. The molecular formula is C17H25N3O2. The average molecular weight is 303 g/mol. The molecule has 1 aromatic rings. The van der Waals surface area contributed by atoms with E-state index in [2.05, 4.69) is 41.4 Å². The van der Waals surface area contributed by atoms with Crippen molar-refractivity contribution in [3.63, 3.8) is 0 Å². The van der Waals surface area contributed by atoms with E-state index in [1.807, 2.05) is 13.8 Å². The number of benzene rings is 1. The number of nitrogens with zero attached hydrogens (tertiary/aromatic N) is 2. The van der Waals surface area contributed by atoms with Crippen LogP contribution in [0.1, 0.15) is 25.0 Å². The molecule has 1 aliphatic heterocycles. The summed E-state index contributed by atoms with van der Waals surface area (Å²) in [7, 11) is 0.